The molecule has 0 spiro atoms. The standard InChI is InChI=1S/C24H27N5O6.H2O/c1-28-9-11-29(12-10-28)8-2-7-25-24(32)19-15-22(35-27-19)23-20(31)13-17(30)14-21(23)34-18-5-3-16(26-33)4-6-18;/h3-6,13-15,30-31H,2,7-12H2,1H3,(H,25,32);1H2/p-1. The van der Waals surface area contributed by atoms with Crippen LogP contribution in [0.3, 0.4) is 0 Å². The van der Waals surface area contributed by atoms with Crippen LogP contribution >= 0.6 is 0 Å². The molecule has 0 saturated carbocycles. The van der Waals surface area contributed by atoms with E-state index >= 15 is 0 Å². The maximum Gasteiger partial charge on any atom is 0.273 e. The van der Waals surface area contributed by atoms with Gasteiger partial charge in [0.1, 0.15) is 34.2 Å². The molecule has 1 aliphatic rings. The summed E-state index contributed by atoms with van der Waals surface area (Å²) < 4.78 is 11.1. The van der Waals surface area contributed by atoms with E-state index in [1.807, 2.05) is 0 Å². The van der Waals surface area contributed by atoms with E-state index in [2.05, 4.69) is 32.5 Å². The molecule has 12 nitrogen and oxygen atoms in total. The highest BCUT2D eigenvalue weighted by Gasteiger charge is 2.21. The molecule has 0 bridgehead atoms. The zero-order chi connectivity index (χ0) is 24.8. The monoisotopic (exact) mass is 498 g/mol. The maximum absolute atomic E-state index is 12.5. The number of nitroso groups, excluding NO2 is 1. The number of carbonyl (C=O) groups is 1. The Morgan fingerprint density at radius 2 is 1.86 bits per heavy atom. The zero-order valence-corrected chi connectivity index (χ0v) is 19.8. The number of aromatic hydroxyl groups is 2. The zero-order valence-electron chi connectivity index (χ0n) is 19.8. The van der Waals surface area contributed by atoms with Gasteiger partial charge in [-0.05, 0) is 49.5 Å². The molecule has 1 aromatic heterocycles. The van der Waals surface area contributed by atoms with Crippen LogP contribution in [0.25, 0.3) is 11.3 Å². The maximum atomic E-state index is 12.5. The van der Waals surface area contributed by atoms with E-state index in [-0.39, 0.29) is 45.4 Å². The van der Waals surface area contributed by atoms with Gasteiger partial charge in [0, 0.05) is 50.9 Å². The van der Waals surface area contributed by atoms with E-state index in [1.165, 1.54) is 36.4 Å². The van der Waals surface area contributed by atoms with Gasteiger partial charge in [0.15, 0.2) is 11.5 Å². The number of aromatic nitrogens is 1. The van der Waals surface area contributed by atoms with Crippen LogP contribution in [0.5, 0.6) is 23.0 Å². The lowest BCUT2D eigenvalue weighted by Gasteiger charge is -2.32. The largest absolute Gasteiger partial charge is 0.870 e. The van der Waals surface area contributed by atoms with Gasteiger partial charge >= 0.3 is 0 Å². The number of benzene rings is 2. The molecule has 12 heteroatoms. The van der Waals surface area contributed by atoms with Crippen molar-refractivity contribution in [2.75, 3.05) is 46.3 Å². The summed E-state index contributed by atoms with van der Waals surface area (Å²) in [5, 5.41) is 29.9. The molecule has 1 fully saturated rings. The van der Waals surface area contributed by atoms with E-state index < -0.39 is 5.91 Å². The normalized spacial score (nSPS) is 14.1. The van der Waals surface area contributed by atoms with Crippen molar-refractivity contribution < 1.29 is 29.7 Å². The number of rotatable bonds is 9. The van der Waals surface area contributed by atoms with Crippen molar-refractivity contribution in [3.8, 4) is 34.3 Å². The molecule has 1 amide bonds. The molecule has 2 heterocycles. The third-order valence-electron chi connectivity index (χ3n) is 5.76. The molecule has 4 N–H and O–H groups in total. The third-order valence-corrected chi connectivity index (χ3v) is 5.76. The van der Waals surface area contributed by atoms with Gasteiger partial charge in [-0.3, -0.25) is 4.79 Å². The summed E-state index contributed by atoms with van der Waals surface area (Å²) in [5.74, 6) is -0.444. The molecule has 0 radical (unpaired) electrons. The second-order valence-electron chi connectivity index (χ2n) is 8.36. The van der Waals surface area contributed by atoms with E-state index in [0.717, 1.165) is 45.2 Å². The fourth-order valence-corrected chi connectivity index (χ4v) is 3.78. The minimum Gasteiger partial charge on any atom is -0.870 e. The molecular weight excluding hydrogens is 470 g/mol. The Balaban J connectivity index is 0.00000361. The predicted octanol–water partition coefficient (Wildman–Crippen LogP) is 3.13. The molecule has 192 valence electrons. The van der Waals surface area contributed by atoms with Crippen molar-refractivity contribution in [1.29, 1.82) is 0 Å². The lowest BCUT2D eigenvalue weighted by molar-refractivity contribution is 0.0940. The summed E-state index contributed by atoms with van der Waals surface area (Å²) in [7, 11) is 2.11. The quantitative estimate of drug-likeness (QED) is 0.294. The number of nitrogens with zero attached hydrogens (tertiary/aromatic N) is 4. The topological polar surface area (TPSA) is 171 Å². The van der Waals surface area contributed by atoms with E-state index in [1.54, 1.807) is 0 Å². The average molecular weight is 499 g/mol. The van der Waals surface area contributed by atoms with Crippen LogP contribution in [-0.2, 0) is 0 Å². The SMILES string of the molecule is CN1CCN(CCCNC(=O)c2cc(-c3c(O)cc(O)cc3Oc3ccc(N=O)cc3)on2)CC1.[OH-]. The predicted molar refractivity (Wildman–Crippen MR) is 130 cm³/mol. The summed E-state index contributed by atoms with van der Waals surface area (Å²) in [4.78, 5) is 27.8. The molecule has 2 aromatic carbocycles. The Hall–Kier alpha value is -4.00. The minimum absolute atomic E-state index is 0. The highest BCUT2D eigenvalue weighted by atomic mass is 16.5. The van der Waals surface area contributed by atoms with E-state index in [9.17, 15) is 19.9 Å². The van der Waals surface area contributed by atoms with Gasteiger partial charge < -0.3 is 40.1 Å². The van der Waals surface area contributed by atoms with Gasteiger partial charge in [-0.15, -0.1) is 4.91 Å². The number of phenolic OH excluding ortho intramolecular Hbond substituents is 2. The molecule has 4 rings (SSSR count). The van der Waals surface area contributed by atoms with Gasteiger partial charge in [0.25, 0.3) is 5.91 Å². The van der Waals surface area contributed by atoms with Gasteiger partial charge in [-0.2, -0.15) is 0 Å². The number of piperazine rings is 1. The van der Waals surface area contributed by atoms with Gasteiger partial charge in [0.2, 0.25) is 0 Å². The second-order valence-corrected chi connectivity index (χ2v) is 8.36. The number of hydrogen-bond donors (Lipinski definition) is 3. The number of amides is 1. The van der Waals surface area contributed by atoms with Crippen LogP contribution < -0.4 is 10.1 Å². The van der Waals surface area contributed by atoms with E-state index in [0.29, 0.717) is 12.3 Å². The van der Waals surface area contributed by atoms with Crippen LogP contribution in [-0.4, -0.2) is 82.9 Å². The first-order valence-corrected chi connectivity index (χ1v) is 11.3. The Bertz CT molecular complexity index is 1170. The number of likely N-dealkylation sites (N-methyl/N-ethyl adjacent to an activating group) is 1. The number of nitrogens with one attached hydrogen (secondary N) is 1. The molecule has 1 saturated heterocycles. The summed E-state index contributed by atoms with van der Waals surface area (Å²) in [6.07, 6.45) is 0.815. The van der Waals surface area contributed by atoms with E-state index in [4.69, 9.17) is 9.26 Å². The Kier molecular flexibility index (Phi) is 8.95. The number of hydrogen-bond acceptors (Lipinski definition) is 11. The van der Waals surface area contributed by atoms with Crippen molar-refractivity contribution in [1.82, 2.24) is 20.3 Å². The van der Waals surface area contributed by atoms with Crippen molar-refractivity contribution in [2.45, 2.75) is 6.42 Å². The number of ether oxygens (including phenoxy) is 1. The molecule has 36 heavy (non-hydrogen) atoms. The number of carbonyl (C=O) groups excluding carboxylic acids is 1. The van der Waals surface area contributed by atoms with Crippen molar-refractivity contribution >= 4 is 11.6 Å². The van der Waals surface area contributed by atoms with Gasteiger partial charge in [0.05, 0.1) is 0 Å². The third kappa shape index (κ3) is 6.56. The lowest BCUT2D eigenvalue weighted by atomic mass is 10.1. The minimum atomic E-state index is -0.393. The van der Waals surface area contributed by atoms with Crippen molar-refractivity contribution in [2.24, 2.45) is 5.18 Å². The van der Waals surface area contributed by atoms with Crippen LogP contribution in [0, 0.1) is 4.91 Å². The molecule has 1 aliphatic heterocycles. The Morgan fingerprint density at radius 1 is 1.14 bits per heavy atom. The molecular formula is C24H28N5O7-. The highest BCUT2D eigenvalue weighted by Crippen LogP contribution is 2.43. The Labute approximate surface area is 207 Å². The lowest BCUT2D eigenvalue weighted by Crippen LogP contribution is -2.45. The van der Waals surface area contributed by atoms with Crippen molar-refractivity contribution in [3.63, 3.8) is 0 Å². The average Bonchev–Trinajstić information content (AvgIpc) is 3.33. The molecule has 0 aliphatic carbocycles. The van der Waals surface area contributed by atoms with Crippen LogP contribution in [0.4, 0.5) is 5.69 Å². The molecule has 0 atom stereocenters. The fourth-order valence-electron chi connectivity index (χ4n) is 3.78. The summed E-state index contributed by atoms with van der Waals surface area (Å²) in [5.41, 5.74) is 0.396. The van der Waals surface area contributed by atoms with Gasteiger partial charge in [-0.25, -0.2) is 0 Å². The summed E-state index contributed by atoms with van der Waals surface area (Å²) in [6, 6.07) is 9.78. The summed E-state index contributed by atoms with van der Waals surface area (Å²) in [6.45, 7) is 5.55. The second kappa shape index (κ2) is 12.1. The highest BCUT2D eigenvalue weighted by molar-refractivity contribution is 5.93. The molecule has 3 aromatic rings. The Morgan fingerprint density at radius 3 is 2.56 bits per heavy atom. The van der Waals surface area contributed by atoms with Crippen molar-refractivity contribution in [3.05, 3.63) is 53.1 Å². The first kappa shape index (κ1) is 26.6. The number of phenols is 2. The fraction of sp³-hybridized carbons (Fsp3) is 0.333. The first-order valence-electron chi connectivity index (χ1n) is 11.3. The first-order chi connectivity index (χ1) is 16.9. The van der Waals surface area contributed by atoms with Crippen LogP contribution in [0.2, 0.25) is 0 Å². The van der Waals surface area contributed by atoms with Gasteiger partial charge in [-0.1, -0.05) is 5.16 Å². The molecule has 0 unspecified atom stereocenters. The van der Waals surface area contributed by atoms with Crippen LogP contribution in [0.1, 0.15) is 16.9 Å². The summed E-state index contributed by atoms with van der Waals surface area (Å²) >= 11 is 0. The smallest absolute Gasteiger partial charge is 0.273 e. The van der Waals surface area contributed by atoms with Crippen LogP contribution in [0.15, 0.2) is 52.2 Å².